The molecular weight excluding hydrogens is 227 g/mol. The Morgan fingerprint density at radius 1 is 1.25 bits per heavy atom. The van der Waals surface area contributed by atoms with E-state index in [1.54, 1.807) is 0 Å². The van der Waals surface area contributed by atoms with Crippen LogP contribution in [0.2, 0.25) is 0 Å². The van der Waals surface area contributed by atoms with Crippen LogP contribution in [0.1, 0.15) is 0 Å². The second-order valence-corrected chi connectivity index (χ2v) is 0. The van der Waals surface area contributed by atoms with Gasteiger partial charge in [0.1, 0.15) is 0 Å². The van der Waals surface area contributed by atoms with Gasteiger partial charge in [0, 0.05) is 22.4 Å². The zero-order chi connectivity index (χ0) is 2.00. The maximum Gasteiger partial charge on any atom is 0 e. The molecule has 0 amide bonds. The standard InChI is InChI=1S/HNO.H2O.Ta/c1-2;;/h1H;1H2;. The molecule has 4 heavy (non-hydrogen) atoms. The topological polar surface area (TPSA) is 72.4 Å². The monoisotopic (exact) mass is 230 g/mol. The van der Waals surface area contributed by atoms with Gasteiger partial charge in [0.15, 0.2) is 0 Å². The van der Waals surface area contributed by atoms with Crippen LogP contribution in [-0.4, -0.2) is 5.48 Å². The molecule has 0 aliphatic carbocycles. The van der Waals surface area contributed by atoms with E-state index in [9.17, 15) is 0 Å². The summed E-state index contributed by atoms with van der Waals surface area (Å²) in [6, 6.07) is 0. The summed E-state index contributed by atoms with van der Waals surface area (Å²) in [6.45, 7) is 0. The molecule has 0 aromatic heterocycles. The average molecular weight is 230 g/mol. The van der Waals surface area contributed by atoms with E-state index < -0.39 is 0 Å². The third-order valence-electron chi connectivity index (χ3n) is 0. The molecule has 0 saturated heterocycles. The Bertz CT molecular complexity index is 6.00. The van der Waals surface area contributed by atoms with Crippen molar-refractivity contribution >= 4 is 0 Å². The second-order valence-electron chi connectivity index (χ2n) is 0. The molecule has 0 aliphatic heterocycles. The largest absolute Gasteiger partial charge is 0.412 e. The molecule has 4 heteroatoms. The van der Waals surface area contributed by atoms with Crippen molar-refractivity contribution in [2.75, 3.05) is 0 Å². The summed E-state index contributed by atoms with van der Waals surface area (Å²) >= 11 is 0. The fraction of sp³-hybridized carbons (Fsp3) is 0. The molecule has 0 atom stereocenters. The molecule has 0 saturated carbocycles. The number of rotatable bonds is 0. The molecule has 0 rings (SSSR count). The van der Waals surface area contributed by atoms with Crippen molar-refractivity contribution in [2.45, 2.75) is 0 Å². The van der Waals surface area contributed by atoms with E-state index >= 15 is 0 Å². The van der Waals surface area contributed by atoms with Crippen LogP contribution < -0.4 is 0 Å². The molecule has 0 aromatic carbocycles. The van der Waals surface area contributed by atoms with Crippen molar-refractivity contribution in [1.29, 1.82) is 5.59 Å². The van der Waals surface area contributed by atoms with Crippen LogP contribution in [0.15, 0.2) is 0 Å². The molecule has 0 fully saturated rings. The Morgan fingerprint density at radius 3 is 1.25 bits per heavy atom. The molecule has 0 aromatic rings. The maximum atomic E-state index is 7.50. The van der Waals surface area contributed by atoms with Crippen LogP contribution in [0.3, 0.4) is 0 Å². The first kappa shape index (κ1) is 27.7. The minimum Gasteiger partial charge on any atom is -0.412 e. The van der Waals surface area contributed by atoms with Gasteiger partial charge in [-0.25, -0.2) is 0 Å². The Labute approximate surface area is 39.0 Å². The predicted octanol–water partition coefficient (Wildman–Crippen LogP) is -0.496. The van der Waals surface area contributed by atoms with Crippen molar-refractivity contribution in [3.05, 3.63) is 4.91 Å². The third kappa shape index (κ3) is 43.1. The smallest absolute Gasteiger partial charge is 0 e. The Hall–Kier alpha value is 0.300. The van der Waals surface area contributed by atoms with Crippen molar-refractivity contribution in [1.82, 2.24) is 0 Å². The van der Waals surface area contributed by atoms with E-state index in [0.29, 0.717) is 0 Å². The van der Waals surface area contributed by atoms with Gasteiger partial charge in [0.05, 0.1) is 0 Å². The molecule has 0 bridgehead atoms. The van der Waals surface area contributed by atoms with E-state index in [-0.39, 0.29) is 27.9 Å². The van der Waals surface area contributed by atoms with Gasteiger partial charge in [0.2, 0.25) is 0 Å². The SMILES string of the molecule is N=O.O.[Ta]. The average Bonchev–Trinajstić information content (AvgIpc) is 1.00. The molecule has 3 nitrogen and oxygen atoms in total. The van der Waals surface area contributed by atoms with Crippen LogP contribution in [0.4, 0.5) is 0 Å². The number of nitroso groups, excluding NO2 is 1. The Kier molecular flexibility index (Phi) is 1340. The molecule has 0 spiro atoms. The van der Waals surface area contributed by atoms with Crippen molar-refractivity contribution in [2.24, 2.45) is 0 Å². The van der Waals surface area contributed by atoms with Crippen molar-refractivity contribution < 1.29 is 27.9 Å². The van der Waals surface area contributed by atoms with Gasteiger partial charge in [-0.05, 0) is 0 Å². The van der Waals surface area contributed by atoms with Crippen LogP contribution >= 0.6 is 0 Å². The first-order valence-electron chi connectivity index (χ1n) is 0.204. The zero-order valence-electron chi connectivity index (χ0n) is 1.86. The molecule has 0 heterocycles. The summed E-state index contributed by atoms with van der Waals surface area (Å²) in [4.78, 5) is 7.50. The van der Waals surface area contributed by atoms with E-state index in [4.69, 9.17) is 4.91 Å². The van der Waals surface area contributed by atoms with Gasteiger partial charge in [-0.3, -0.25) is 0 Å². The number of hydrogen-bond donors (Lipinski definition) is 1. The van der Waals surface area contributed by atoms with E-state index in [1.165, 1.54) is 0 Å². The quantitative estimate of drug-likeness (QED) is 0.560. The van der Waals surface area contributed by atoms with Gasteiger partial charge in [-0.15, -0.1) is 0 Å². The first-order valence-corrected chi connectivity index (χ1v) is 0.204. The summed E-state index contributed by atoms with van der Waals surface area (Å²) in [7, 11) is 0. The summed E-state index contributed by atoms with van der Waals surface area (Å²) in [5, 5.41) is 0. The van der Waals surface area contributed by atoms with Gasteiger partial charge in [-0.1, -0.05) is 5.59 Å². The fourth-order valence-electron chi connectivity index (χ4n) is 0. The third-order valence-corrected chi connectivity index (χ3v) is 0. The summed E-state index contributed by atoms with van der Waals surface area (Å²) in [6.07, 6.45) is 0. The number of nitrogens with one attached hydrogen (secondary N) is 1. The minimum absolute atomic E-state index is 0. The van der Waals surface area contributed by atoms with Gasteiger partial charge in [0.25, 0.3) is 0 Å². The van der Waals surface area contributed by atoms with Crippen LogP contribution in [0.5, 0.6) is 0 Å². The van der Waals surface area contributed by atoms with Crippen molar-refractivity contribution in [3.8, 4) is 0 Å². The van der Waals surface area contributed by atoms with Gasteiger partial charge < -0.3 is 5.48 Å². The van der Waals surface area contributed by atoms with Crippen molar-refractivity contribution in [3.63, 3.8) is 0 Å². The van der Waals surface area contributed by atoms with Crippen LogP contribution in [-0.2, 0) is 22.4 Å². The summed E-state index contributed by atoms with van der Waals surface area (Å²) < 4.78 is 0. The predicted molar refractivity (Wildman–Crippen MR) is 9.70 cm³/mol. The van der Waals surface area contributed by atoms with Gasteiger partial charge in [-0.2, -0.15) is 4.91 Å². The Balaban J connectivity index is -0.00000000500. The summed E-state index contributed by atoms with van der Waals surface area (Å²) in [5.74, 6) is 0. The van der Waals surface area contributed by atoms with E-state index in [0.717, 1.165) is 0 Å². The fourth-order valence-corrected chi connectivity index (χ4v) is 0. The normalized spacial score (nSPS) is 1.00. The van der Waals surface area contributed by atoms with E-state index in [1.807, 2.05) is 0 Å². The van der Waals surface area contributed by atoms with Gasteiger partial charge >= 0.3 is 0 Å². The molecule has 3 N–H and O–H groups in total. The first-order chi connectivity index (χ1) is 1.00. The maximum absolute atomic E-state index is 7.50. The minimum atomic E-state index is 0. The van der Waals surface area contributed by atoms with E-state index in [2.05, 4.69) is 5.59 Å². The van der Waals surface area contributed by atoms with Crippen LogP contribution in [0, 0.1) is 10.5 Å². The molecular formula is H3NO2Ta. The zero-order valence-corrected chi connectivity index (χ0v) is 5.07. The molecule has 25 valence electrons. The molecule has 0 aliphatic rings. The van der Waals surface area contributed by atoms with Crippen LogP contribution in [0.25, 0.3) is 0 Å². The second kappa shape index (κ2) is 194. The number of hydrogen-bond acceptors (Lipinski definition) is 2. The Morgan fingerprint density at radius 2 is 1.25 bits per heavy atom. The summed E-state index contributed by atoms with van der Waals surface area (Å²) in [5.41, 5.74) is 4.50. The molecule has 1 radical (unpaired) electrons. The molecule has 0 unspecified atom stereocenters.